The van der Waals surface area contributed by atoms with E-state index in [0.717, 1.165) is 6.07 Å². The molecule has 0 radical (unpaired) electrons. The molecular weight excluding hydrogens is 298 g/mol. The Labute approximate surface area is 122 Å². The number of nitrogens with one attached hydrogen (secondary N) is 2. The fraction of sp³-hybridized carbons (Fsp3) is 0.500. The third-order valence-electron chi connectivity index (χ3n) is 3.22. The molecule has 0 aliphatic carbocycles. The van der Waals surface area contributed by atoms with Gasteiger partial charge >= 0.3 is 0 Å². The maximum atomic E-state index is 12.3. The Kier molecular flexibility index (Phi) is 4.57. The van der Waals surface area contributed by atoms with Gasteiger partial charge in [0.2, 0.25) is 10.0 Å². The van der Waals surface area contributed by atoms with Crippen molar-refractivity contribution in [2.45, 2.75) is 17.4 Å². The number of nitro benzene ring substituents is 1. The summed E-state index contributed by atoms with van der Waals surface area (Å²) >= 11 is 0. The maximum Gasteiger partial charge on any atom is 0.289 e. The number of para-hydroxylation sites is 1. The highest BCUT2D eigenvalue weighted by Gasteiger charge is 2.32. The van der Waals surface area contributed by atoms with Crippen LogP contribution in [0.5, 0.6) is 0 Å². The summed E-state index contributed by atoms with van der Waals surface area (Å²) in [6, 6.07) is 5.24. The summed E-state index contributed by atoms with van der Waals surface area (Å²) in [5.41, 5.74) is -1.12. The van der Waals surface area contributed by atoms with Gasteiger partial charge in [-0.15, -0.1) is 0 Å². The number of ether oxygens (including phenoxy) is 1. The number of benzene rings is 1. The van der Waals surface area contributed by atoms with Gasteiger partial charge in [-0.2, -0.15) is 0 Å². The second-order valence-electron chi connectivity index (χ2n) is 5.02. The molecule has 2 rings (SSSR count). The van der Waals surface area contributed by atoms with Crippen LogP contribution in [0.2, 0.25) is 0 Å². The van der Waals surface area contributed by atoms with Gasteiger partial charge in [-0.3, -0.25) is 10.1 Å². The molecule has 9 heteroatoms. The molecule has 1 aromatic carbocycles. The van der Waals surface area contributed by atoms with Crippen LogP contribution in [0.1, 0.15) is 6.92 Å². The van der Waals surface area contributed by atoms with E-state index in [0.29, 0.717) is 19.7 Å². The zero-order valence-electron chi connectivity index (χ0n) is 11.5. The van der Waals surface area contributed by atoms with Crippen LogP contribution in [0.25, 0.3) is 0 Å². The lowest BCUT2D eigenvalue weighted by atomic mass is 10.1. The Morgan fingerprint density at radius 2 is 2.19 bits per heavy atom. The highest BCUT2D eigenvalue weighted by Crippen LogP contribution is 2.23. The van der Waals surface area contributed by atoms with E-state index >= 15 is 0 Å². The van der Waals surface area contributed by atoms with Crippen LogP contribution >= 0.6 is 0 Å². The first-order chi connectivity index (χ1) is 9.84. The van der Waals surface area contributed by atoms with Crippen molar-refractivity contribution in [3.8, 4) is 0 Å². The Bertz CT molecular complexity index is 626. The normalized spacial score (nSPS) is 22.9. The highest BCUT2D eigenvalue weighted by molar-refractivity contribution is 7.89. The molecule has 1 atom stereocenters. The van der Waals surface area contributed by atoms with E-state index in [9.17, 15) is 18.5 Å². The molecular formula is C12H17N3O5S. The Balaban J connectivity index is 2.17. The van der Waals surface area contributed by atoms with Gasteiger partial charge < -0.3 is 10.1 Å². The van der Waals surface area contributed by atoms with Gasteiger partial charge in [0.15, 0.2) is 4.90 Å². The van der Waals surface area contributed by atoms with E-state index in [2.05, 4.69) is 10.0 Å². The predicted octanol–water partition coefficient (Wildman–Crippen LogP) is 0.252. The van der Waals surface area contributed by atoms with Gasteiger partial charge in [0.25, 0.3) is 5.69 Å². The quantitative estimate of drug-likeness (QED) is 0.595. The van der Waals surface area contributed by atoms with Crippen molar-refractivity contribution < 1.29 is 18.1 Å². The Hall–Kier alpha value is -1.55. The molecule has 116 valence electrons. The predicted molar refractivity (Wildman–Crippen MR) is 75.5 cm³/mol. The average Bonchev–Trinajstić information content (AvgIpc) is 2.46. The molecule has 0 aromatic heterocycles. The number of sulfonamides is 1. The van der Waals surface area contributed by atoms with Crippen LogP contribution in [0.15, 0.2) is 29.2 Å². The second-order valence-corrected chi connectivity index (χ2v) is 6.76. The minimum atomic E-state index is -3.97. The van der Waals surface area contributed by atoms with E-state index in [4.69, 9.17) is 4.74 Å². The van der Waals surface area contributed by atoms with Crippen LogP contribution < -0.4 is 10.0 Å². The minimum Gasteiger partial charge on any atom is -0.371 e. The molecule has 8 nitrogen and oxygen atoms in total. The maximum absolute atomic E-state index is 12.3. The Morgan fingerprint density at radius 3 is 2.81 bits per heavy atom. The second kappa shape index (κ2) is 6.06. The molecule has 0 spiro atoms. The first-order valence-electron chi connectivity index (χ1n) is 6.42. The fourth-order valence-corrected chi connectivity index (χ4v) is 3.37. The summed E-state index contributed by atoms with van der Waals surface area (Å²) in [4.78, 5) is 9.86. The fourth-order valence-electron chi connectivity index (χ4n) is 2.05. The first-order valence-corrected chi connectivity index (χ1v) is 7.90. The van der Waals surface area contributed by atoms with Crippen molar-refractivity contribution in [2.75, 3.05) is 26.2 Å². The third-order valence-corrected chi connectivity index (χ3v) is 4.66. The van der Waals surface area contributed by atoms with Crippen molar-refractivity contribution in [2.24, 2.45) is 0 Å². The van der Waals surface area contributed by atoms with Gasteiger partial charge in [0.05, 0.1) is 17.1 Å². The molecule has 1 aliphatic rings. The van der Waals surface area contributed by atoms with Crippen LogP contribution in [0.3, 0.4) is 0 Å². The number of nitro groups is 1. The summed E-state index contributed by atoms with van der Waals surface area (Å²) in [6.07, 6.45) is 0. The number of nitrogens with zero attached hydrogens (tertiary/aromatic N) is 1. The van der Waals surface area contributed by atoms with Gasteiger partial charge in [0.1, 0.15) is 0 Å². The van der Waals surface area contributed by atoms with Crippen molar-refractivity contribution in [1.82, 2.24) is 10.0 Å². The summed E-state index contributed by atoms with van der Waals surface area (Å²) < 4.78 is 32.4. The molecule has 1 unspecified atom stereocenters. The van der Waals surface area contributed by atoms with Gasteiger partial charge in [-0.25, -0.2) is 13.1 Å². The lowest BCUT2D eigenvalue weighted by Crippen LogP contribution is -2.54. The van der Waals surface area contributed by atoms with E-state index in [1.54, 1.807) is 6.92 Å². The molecule has 1 heterocycles. The van der Waals surface area contributed by atoms with Crippen molar-refractivity contribution in [3.63, 3.8) is 0 Å². The topological polar surface area (TPSA) is 111 Å². The SMILES string of the molecule is CC1(CNS(=O)(=O)c2ccccc2[N+](=O)[O-])CNCCO1. The van der Waals surface area contributed by atoms with Gasteiger partial charge in [-0.1, -0.05) is 12.1 Å². The van der Waals surface area contributed by atoms with Crippen LogP contribution in [0.4, 0.5) is 5.69 Å². The molecule has 0 amide bonds. The van der Waals surface area contributed by atoms with E-state index < -0.39 is 26.2 Å². The number of hydrogen-bond donors (Lipinski definition) is 2. The molecule has 1 fully saturated rings. The minimum absolute atomic E-state index is 0.0361. The molecule has 0 bridgehead atoms. The van der Waals surface area contributed by atoms with Crippen LogP contribution in [-0.4, -0.2) is 45.2 Å². The molecule has 1 aliphatic heterocycles. The summed E-state index contributed by atoms with van der Waals surface area (Å²) in [5.74, 6) is 0. The molecule has 21 heavy (non-hydrogen) atoms. The molecule has 1 saturated heterocycles. The molecule has 0 saturated carbocycles. The first kappa shape index (κ1) is 15.8. The smallest absolute Gasteiger partial charge is 0.289 e. The van der Waals surface area contributed by atoms with Gasteiger partial charge in [0, 0.05) is 25.7 Å². The summed E-state index contributed by atoms with van der Waals surface area (Å²) in [7, 11) is -3.97. The summed E-state index contributed by atoms with van der Waals surface area (Å²) in [5, 5.41) is 14.0. The molecule has 1 aromatic rings. The van der Waals surface area contributed by atoms with Crippen molar-refractivity contribution in [3.05, 3.63) is 34.4 Å². The van der Waals surface area contributed by atoms with Crippen molar-refractivity contribution >= 4 is 15.7 Å². The molecule has 2 N–H and O–H groups in total. The van der Waals surface area contributed by atoms with Gasteiger partial charge in [-0.05, 0) is 13.0 Å². The number of hydrogen-bond acceptors (Lipinski definition) is 6. The van der Waals surface area contributed by atoms with E-state index in [1.807, 2.05) is 0 Å². The third kappa shape index (κ3) is 3.76. The zero-order chi connectivity index (χ0) is 15.5. The zero-order valence-corrected chi connectivity index (χ0v) is 12.4. The number of morpholine rings is 1. The lowest BCUT2D eigenvalue weighted by Gasteiger charge is -2.34. The largest absolute Gasteiger partial charge is 0.371 e. The van der Waals surface area contributed by atoms with E-state index in [1.165, 1.54) is 18.2 Å². The average molecular weight is 315 g/mol. The van der Waals surface area contributed by atoms with E-state index in [-0.39, 0.29) is 11.4 Å². The van der Waals surface area contributed by atoms with Crippen molar-refractivity contribution in [1.29, 1.82) is 0 Å². The number of rotatable bonds is 5. The monoisotopic (exact) mass is 315 g/mol. The lowest BCUT2D eigenvalue weighted by molar-refractivity contribution is -0.387. The standard InChI is InChI=1S/C12H17N3O5S/c1-12(8-13-6-7-20-12)9-14-21(18,19)11-5-3-2-4-10(11)15(16)17/h2-5,13-14H,6-9H2,1H3. The highest BCUT2D eigenvalue weighted by atomic mass is 32.2. The Morgan fingerprint density at radius 1 is 1.48 bits per heavy atom. The van der Waals surface area contributed by atoms with Crippen LogP contribution in [0, 0.1) is 10.1 Å². The van der Waals surface area contributed by atoms with Crippen LogP contribution in [-0.2, 0) is 14.8 Å². The summed E-state index contributed by atoms with van der Waals surface area (Å²) in [6.45, 7) is 3.53.